The molecule has 66 heavy (non-hydrogen) atoms. The third-order valence-corrected chi connectivity index (χ3v) is 13.5. The van der Waals surface area contributed by atoms with E-state index < -0.39 is 0 Å². The number of H-pyrrole nitrogens is 2. The van der Waals surface area contributed by atoms with E-state index in [4.69, 9.17) is 0 Å². The van der Waals surface area contributed by atoms with E-state index in [9.17, 15) is 0 Å². The molecule has 1 aliphatic rings. The van der Waals surface area contributed by atoms with Crippen molar-refractivity contribution in [2.45, 2.75) is 6.42 Å². The highest BCUT2D eigenvalue weighted by Crippen LogP contribution is 2.43. The molecule has 0 unspecified atom stereocenters. The van der Waals surface area contributed by atoms with Crippen molar-refractivity contribution in [3.63, 3.8) is 0 Å². The fraction of sp³-hybridized carbons (Fsp3) is 0.0164. The van der Waals surface area contributed by atoms with E-state index in [2.05, 4.69) is 255 Å². The average Bonchev–Trinajstić information content (AvgIpc) is 4.14. The zero-order valence-corrected chi connectivity index (χ0v) is 37.5. The molecule has 0 saturated carbocycles. The van der Waals surface area contributed by atoms with Crippen LogP contribution in [-0.4, -0.2) is 14.5 Å². The number of hydrogen-bond donors (Lipinski definition) is 2. The minimum absolute atomic E-state index is 0. The van der Waals surface area contributed by atoms with E-state index in [1.165, 1.54) is 116 Å². The molecule has 14 rings (SSSR count). The molecule has 0 radical (unpaired) electrons. The van der Waals surface area contributed by atoms with Gasteiger partial charge in [-0.2, -0.15) is 0 Å². The van der Waals surface area contributed by atoms with Gasteiger partial charge in [0.05, 0.1) is 22.1 Å². The molecular formula is C61H43BrFN3. The standard InChI is InChI=1S/C30H20N2.C19H13N.C12H9Br.FH/c1-2-8-20(9-3-1)21-14-16-22(17-15-21)32-27-13-7-5-11-25(27)29-28(32)19-18-24-23-10-4-6-12-26(23)31-30(24)29;1-2-6-14-12(5-1)11-13-9-10-16-15-7-3-4-8-17(15)20-19(16)18(13)14;13-12-8-6-11(7-9-12)10-4-2-1-3-5-10;/h1-19,31H;1-10,20H,11H2;1-9H;1H. The van der Waals surface area contributed by atoms with E-state index >= 15 is 0 Å². The second-order valence-corrected chi connectivity index (χ2v) is 17.6. The summed E-state index contributed by atoms with van der Waals surface area (Å²) in [6.45, 7) is 0. The van der Waals surface area contributed by atoms with Crippen molar-refractivity contribution >= 4 is 81.3 Å². The third kappa shape index (κ3) is 7.15. The lowest BCUT2D eigenvalue weighted by Gasteiger charge is -2.09. The first-order chi connectivity index (χ1) is 32.2. The lowest BCUT2D eigenvalue weighted by Crippen LogP contribution is -1.93. The number of nitrogens with one attached hydrogen (secondary N) is 2. The normalized spacial score (nSPS) is 11.5. The van der Waals surface area contributed by atoms with Crippen LogP contribution in [0.25, 0.3) is 104 Å². The summed E-state index contributed by atoms with van der Waals surface area (Å²) in [4.78, 5) is 7.31. The monoisotopic (exact) mass is 915 g/mol. The molecule has 2 N–H and O–H groups in total. The van der Waals surface area contributed by atoms with Crippen molar-refractivity contribution in [3.05, 3.63) is 246 Å². The number of halogens is 2. The highest BCUT2D eigenvalue weighted by molar-refractivity contribution is 9.10. The maximum Gasteiger partial charge on any atom is 0.0566 e. The smallest absolute Gasteiger partial charge is 0.0566 e. The second-order valence-electron chi connectivity index (χ2n) is 16.7. The summed E-state index contributed by atoms with van der Waals surface area (Å²) in [6, 6.07) is 81.7. The molecule has 3 heterocycles. The molecule has 3 nitrogen and oxygen atoms in total. The molecule has 0 saturated heterocycles. The van der Waals surface area contributed by atoms with E-state index in [0.717, 1.165) is 10.9 Å². The topological polar surface area (TPSA) is 36.5 Å². The lowest BCUT2D eigenvalue weighted by atomic mass is 10.0. The Hall–Kier alpha value is -7.99. The summed E-state index contributed by atoms with van der Waals surface area (Å²) >= 11 is 3.42. The van der Waals surface area contributed by atoms with Gasteiger partial charge in [0.15, 0.2) is 0 Å². The van der Waals surface area contributed by atoms with Crippen molar-refractivity contribution in [3.8, 4) is 39.1 Å². The van der Waals surface area contributed by atoms with Gasteiger partial charge in [-0.05, 0) is 93.9 Å². The Balaban J connectivity index is 0.000000121. The minimum Gasteiger partial charge on any atom is -0.354 e. The van der Waals surface area contributed by atoms with Crippen LogP contribution in [0.4, 0.5) is 4.70 Å². The number of para-hydroxylation sites is 3. The highest BCUT2D eigenvalue weighted by Gasteiger charge is 2.22. The fourth-order valence-electron chi connectivity index (χ4n) is 9.90. The number of benzene rings is 10. The number of hydrogen-bond acceptors (Lipinski definition) is 0. The molecule has 0 aliphatic heterocycles. The number of nitrogens with zero attached hydrogens (tertiary/aromatic N) is 1. The van der Waals surface area contributed by atoms with Crippen LogP contribution < -0.4 is 0 Å². The van der Waals surface area contributed by atoms with Gasteiger partial charge < -0.3 is 14.5 Å². The lowest BCUT2D eigenvalue weighted by molar-refractivity contribution is 1.11. The van der Waals surface area contributed by atoms with E-state index in [-0.39, 0.29) is 4.70 Å². The molecule has 3 aromatic heterocycles. The maximum absolute atomic E-state index is 3.70. The first kappa shape index (κ1) is 40.8. The quantitative estimate of drug-likeness (QED) is 0.177. The fourth-order valence-corrected chi connectivity index (χ4v) is 10.2. The molecule has 0 spiro atoms. The van der Waals surface area contributed by atoms with Crippen molar-refractivity contribution in [1.82, 2.24) is 14.5 Å². The van der Waals surface area contributed by atoms with Crippen LogP contribution in [0.5, 0.6) is 0 Å². The van der Waals surface area contributed by atoms with Crippen LogP contribution in [0, 0.1) is 0 Å². The van der Waals surface area contributed by atoms with Crippen LogP contribution in [0.3, 0.4) is 0 Å². The Morgan fingerprint density at radius 3 is 1.53 bits per heavy atom. The van der Waals surface area contributed by atoms with Gasteiger partial charge >= 0.3 is 0 Å². The van der Waals surface area contributed by atoms with Crippen LogP contribution in [0.15, 0.2) is 235 Å². The van der Waals surface area contributed by atoms with Gasteiger partial charge in [-0.1, -0.05) is 198 Å². The Morgan fingerprint density at radius 1 is 0.364 bits per heavy atom. The summed E-state index contributed by atoms with van der Waals surface area (Å²) in [5.74, 6) is 0. The molecule has 10 aromatic carbocycles. The minimum atomic E-state index is 0. The summed E-state index contributed by atoms with van der Waals surface area (Å²) in [7, 11) is 0. The Bertz CT molecular complexity index is 3850. The second kappa shape index (κ2) is 17.2. The predicted octanol–water partition coefficient (Wildman–Crippen LogP) is 17.2. The van der Waals surface area contributed by atoms with Gasteiger partial charge in [-0.15, -0.1) is 0 Å². The van der Waals surface area contributed by atoms with Gasteiger partial charge in [0, 0.05) is 59.1 Å². The van der Waals surface area contributed by atoms with Crippen molar-refractivity contribution < 1.29 is 4.70 Å². The number of rotatable bonds is 3. The van der Waals surface area contributed by atoms with Crippen molar-refractivity contribution in [2.75, 3.05) is 0 Å². The number of fused-ring (bicyclic) bond motifs is 14. The van der Waals surface area contributed by atoms with Gasteiger partial charge in [0.1, 0.15) is 0 Å². The molecule has 13 aromatic rings. The van der Waals surface area contributed by atoms with Crippen molar-refractivity contribution in [2.24, 2.45) is 0 Å². The van der Waals surface area contributed by atoms with Gasteiger partial charge in [-0.3, -0.25) is 4.70 Å². The molecule has 0 amide bonds. The van der Waals surface area contributed by atoms with E-state index in [0.29, 0.717) is 0 Å². The van der Waals surface area contributed by atoms with Crippen LogP contribution >= 0.6 is 15.9 Å². The van der Waals surface area contributed by atoms with Gasteiger partial charge in [-0.25, -0.2) is 0 Å². The van der Waals surface area contributed by atoms with Crippen LogP contribution in [0.1, 0.15) is 11.1 Å². The van der Waals surface area contributed by atoms with Crippen LogP contribution in [-0.2, 0) is 6.42 Å². The first-order valence-corrected chi connectivity index (χ1v) is 23.0. The summed E-state index contributed by atoms with van der Waals surface area (Å²) in [6.07, 6.45) is 1.05. The molecule has 0 atom stereocenters. The van der Waals surface area contributed by atoms with Crippen LogP contribution in [0.2, 0.25) is 0 Å². The largest absolute Gasteiger partial charge is 0.354 e. The third-order valence-electron chi connectivity index (χ3n) is 12.9. The average molecular weight is 917 g/mol. The Morgan fingerprint density at radius 2 is 0.864 bits per heavy atom. The zero-order valence-electron chi connectivity index (χ0n) is 35.9. The summed E-state index contributed by atoms with van der Waals surface area (Å²) in [5, 5.41) is 7.74. The Labute approximate surface area is 390 Å². The zero-order chi connectivity index (χ0) is 43.3. The highest BCUT2D eigenvalue weighted by atomic mass is 79.9. The predicted molar refractivity (Wildman–Crippen MR) is 282 cm³/mol. The maximum atomic E-state index is 3.70. The summed E-state index contributed by atoms with van der Waals surface area (Å²) < 4.78 is 3.50. The molecule has 316 valence electrons. The number of aromatic amines is 2. The van der Waals surface area contributed by atoms with E-state index in [1.54, 1.807) is 0 Å². The molecule has 5 heteroatoms. The molecule has 0 bridgehead atoms. The molecule has 0 fully saturated rings. The molecule has 1 aliphatic carbocycles. The van der Waals surface area contributed by atoms with Gasteiger partial charge in [0.25, 0.3) is 0 Å². The van der Waals surface area contributed by atoms with Crippen molar-refractivity contribution in [1.29, 1.82) is 0 Å². The van der Waals surface area contributed by atoms with E-state index in [1.807, 2.05) is 6.07 Å². The SMILES string of the molecule is Brc1ccc(-c2ccccc2)cc1.F.c1ccc(-c2ccc(-n3c4ccccc4c4c5[nH]c6ccccc6c5ccc43)cc2)cc1.c1ccc2c(c1)Cc1ccc3c([nH]c4ccccc43)c1-2. The first-order valence-electron chi connectivity index (χ1n) is 22.2. The van der Waals surface area contributed by atoms with Gasteiger partial charge in [0.2, 0.25) is 0 Å². The Kier molecular flexibility index (Phi) is 10.6. The molecular weight excluding hydrogens is 874 g/mol. The summed E-state index contributed by atoms with van der Waals surface area (Å²) in [5.41, 5.74) is 19.2. The number of aromatic nitrogens is 3.